The highest BCUT2D eigenvalue weighted by atomic mass is 79.9. The monoisotopic (exact) mass is 273 g/mol. The van der Waals surface area contributed by atoms with Gasteiger partial charge in [-0.25, -0.2) is 4.98 Å². The van der Waals surface area contributed by atoms with Gasteiger partial charge in [0.15, 0.2) is 0 Å². The third kappa shape index (κ3) is 1.54. The Labute approximate surface area is 95.2 Å². The van der Waals surface area contributed by atoms with Crippen LogP contribution in [0.5, 0.6) is 0 Å². The fourth-order valence-electron chi connectivity index (χ4n) is 1.40. The van der Waals surface area contributed by atoms with Crippen molar-refractivity contribution in [3.63, 3.8) is 0 Å². The third-order valence-electron chi connectivity index (χ3n) is 1.98. The summed E-state index contributed by atoms with van der Waals surface area (Å²) < 4.78 is 2.76. The van der Waals surface area contributed by atoms with Gasteiger partial charge in [-0.1, -0.05) is 11.6 Å². The predicted octanol–water partition coefficient (Wildman–Crippen LogP) is 2.47. The van der Waals surface area contributed by atoms with Gasteiger partial charge in [0, 0.05) is 6.20 Å². The second-order valence-electron chi connectivity index (χ2n) is 2.92. The van der Waals surface area contributed by atoms with E-state index in [1.54, 1.807) is 0 Å². The van der Waals surface area contributed by atoms with E-state index in [9.17, 15) is 0 Å². The molecule has 2 aromatic rings. The maximum atomic E-state index is 6.06. The molecule has 0 aromatic carbocycles. The van der Waals surface area contributed by atoms with Crippen molar-refractivity contribution in [1.29, 1.82) is 0 Å². The van der Waals surface area contributed by atoms with Crippen molar-refractivity contribution in [2.75, 3.05) is 7.05 Å². The van der Waals surface area contributed by atoms with Crippen LogP contribution in [0.3, 0.4) is 0 Å². The molecule has 5 heteroatoms. The lowest BCUT2D eigenvalue weighted by atomic mass is 10.4. The first-order valence-corrected chi connectivity index (χ1v) is 5.36. The number of hydrogen-bond donors (Lipinski definition) is 1. The van der Waals surface area contributed by atoms with Gasteiger partial charge in [-0.3, -0.25) is 0 Å². The molecule has 0 aliphatic carbocycles. The summed E-state index contributed by atoms with van der Waals surface area (Å²) in [6.45, 7) is 0.715. The topological polar surface area (TPSA) is 29.3 Å². The van der Waals surface area contributed by atoms with E-state index in [2.05, 4.69) is 26.2 Å². The van der Waals surface area contributed by atoms with Gasteiger partial charge in [0.1, 0.15) is 10.4 Å². The van der Waals surface area contributed by atoms with Gasteiger partial charge < -0.3 is 9.72 Å². The minimum absolute atomic E-state index is 0.703. The molecule has 0 bridgehead atoms. The molecule has 14 heavy (non-hydrogen) atoms. The Bertz CT molecular complexity index is 466. The Morgan fingerprint density at radius 2 is 2.43 bits per heavy atom. The molecule has 2 heterocycles. The molecule has 0 spiro atoms. The first-order valence-electron chi connectivity index (χ1n) is 4.19. The molecule has 1 N–H and O–H groups in total. The van der Waals surface area contributed by atoms with Gasteiger partial charge in [-0.15, -0.1) is 0 Å². The van der Waals surface area contributed by atoms with E-state index in [4.69, 9.17) is 11.6 Å². The third-order valence-corrected chi connectivity index (χ3v) is 2.84. The van der Waals surface area contributed by atoms with Crippen molar-refractivity contribution < 1.29 is 0 Å². The van der Waals surface area contributed by atoms with Crippen molar-refractivity contribution >= 4 is 33.0 Å². The highest BCUT2D eigenvalue weighted by Crippen LogP contribution is 2.25. The summed E-state index contributed by atoms with van der Waals surface area (Å²) in [5, 5.41) is 3.76. The summed E-state index contributed by atoms with van der Waals surface area (Å²) in [5.41, 5.74) is 0.916. The van der Waals surface area contributed by atoms with Crippen LogP contribution in [0.1, 0.15) is 5.82 Å². The minimum atomic E-state index is 0.703. The smallest absolute Gasteiger partial charge is 0.133 e. The maximum Gasteiger partial charge on any atom is 0.133 e. The van der Waals surface area contributed by atoms with E-state index in [0.717, 1.165) is 15.9 Å². The molecular weight excluding hydrogens is 265 g/mol. The highest BCUT2D eigenvalue weighted by molar-refractivity contribution is 9.10. The van der Waals surface area contributed by atoms with Crippen LogP contribution in [0.4, 0.5) is 0 Å². The molecule has 0 aliphatic heterocycles. The van der Waals surface area contributed by atoms with Crippen LogP contribution >= 0.6 is 27.5 Å². The number of nitrogens with one attached hydrogen (secondary N) is 1. The summed E-state index contributed by atoms with van der Waals surface area (Å²) in [5.74, 6) is 0.942. The van der Waals surface area contributed by atoms with Crippen molar-refractivity contribution in [1.82, 2.24) is 14.7 Å². The number of rotatable bonds is 2. The molecule has 2 aromatic heterocycles. The number of nitrogens with zero attached hydrogens (tertiary/aromatic N) is 2. The second-order valence-corrected chi connectivity index (χ2v) is 4.08. The quantitative estimate of drug-likeness (QED) is 0.911. The number of aromatic nitrogens is 2. The SMILES string of the molecule is CNCc1nc(Br)c2c(Cl)cccn12. The standard InChI is InChI=1S/C9H9BrClN3/c1-12-5-7-13-9(10)8-6(11)3-2-4-14(7)8/h2-4,12H,5H2,1H3. The van der Waals surface area contributed by atoms with Crippen molar-refractivity contribution in [2.45, 2.75) is 6.54 Å². The van der Waals surface area contributed by atoms with Crippen molar-refractivity contribution in [3.8, 4) is 0 Å². The Morgan fingerprint density at radius 1 is 1.64 bits per heavy atom. The lowest BCUT2D eigenvalue weighted by Crippen LogP contribution is -2.08. The fourth-order valence-corrected chi connectivity index (χ4v) is 2.37. The van der Waals surface area contributed by atoms with Gasteiger partial charge >= 0.3 is 0 Å². The van der Waals surface area contributed by atoms with Crippen LogP contribution < -0.4 is 5.32 Å². The average Bonchev–Trinajstić information content (AvgIpc) is 2.46. The van der Waals surface area contributed by atoms with Crippen LogP contribution in [0, 0.1) is 0 Å². The molecule has 0 unspecified atom stereocenters. The largest absolute Gasteiger partial charge is 0.313 e. The van der Waals surface area contributed by atoms with Crippen LogP contribution in [0.15, 0.2) is 22.9 Å². The van der Waals surface area contributed by atoms with Gasteiger partial charge in [0.2, 0.25) is 0 Å². The van der Waals surface area contributed by atoms with Crippen LogP contribution in [0.2, 0.25) is 5.02 Å². The zero-order valence-corrected chi connectivity index (χ0v) is 9.93. The Hall–Kier alpha value is -0.580. The van der Waals surface area contributed by atoms with Crippen LogP contribution in [-0.4, -0.2) is 16.4 Å². The maximum absolute atomic E-state index is 6.06. The summed E-state index contributed by atoms with van der Waals surface area (Å²) in [6.07, 6.45) is 1.95. The van der Waals surface area contributed by atoms with Crippen LogP contribution in [-0.2, 0) is 6.54 Å². The average molecular weight is 275 g/mol. The first-order chi connectivity index (χ1) is 6.74. The number of hydrogen-bond acceptors (Lipinski definition) is 2. The van der Waals surface area contributed by atoms with Gasteiger partial charge in [0.05, 0.1) is 17.1 Å². The minimum Gasteiger partial charge on any atom is -0.313 e. The van der Waals surface area contributed by atoms with E-state index in [0.29, 0.717) is 11.6 Å². The lowest BCUT2D eigenvalue weighted by Gasteiger charge is -2.00. The molecule has 3 nitrogen and oxygen atoms in total. The predicted molar refractivity (Wildman–Crippen MR) is 60.7 cm³/mol. The number of halogens is 2. The highest BCUT2D eigenvalue weighted by Gasteiger charge is 2.10. The summed E-state index contributed by atoms with van der Waals surface area (Å²) in [7, 11) is 1.89. The van der Waals surface area contributed by atoms with E-state index in [1.807, 2.05) is 29.8 Å². The molecule has 0 fully saturated rings. The molecule has 0 atom stereocenters. The Balaban J connectivity index is 2.71. The number of fused-ring (bicyclic) bond motifs is 1. The van der Waals surface area contributed by atoms with Crippen molar-refractivity contribution in [2.24, 2.45) is 0 Å². The van der Waals surface area contributed by atoms with E-state index in [1.165, 1.54) is 0 Å². The Morgan fingerprint density at radius 3 is 3.14 bits per heavy atom. The normalized spacial score (nSPS) is 11.1. The molecule has 74 valence electrons. The number of pyridine rings is 1. The molecular formula is C9H9BrClN3. The molecule has 0 radical (unpaired) electrons. The van der Waals surface area contributed by atoms with E-state index >= 15 is 0 Å². The zero-order valence-electron chi connectivity index (χ0n) is 7.59. The van der Waals surface area contributed by atoms with E-state index < -0.39 is 0 Å². The first kappa shape index (κ1) is 9.96. The molecule has 0 saturated heterocycles. The number of imidazole rings is 1. The summed E-state index contributed by atoms with van der Waals surface area (Å²) in [6, 6.07) is 3.76. The molecule has 0 aliphatic rings. The van der Waals surface area contributed by atoms with Gasteiger partial charge in [-0.05, 0) is 35.1 Å². The van der Waals surface area contributed by atoms with E-state index in [-0.39, 0.29) is 0 Å². The second kappa shape index (κ2) is 3.88. The molecule has 2 rings (SSSR count). The summed E-state index contributed by atoms with van der Waals surface area (Å²) in [4.78, 5) is 4.37. The molecule has 0 amide bonds. The summed E-state index contributed by atoms with van der Waals surface area (Å²) >= 11 is 9.46. The van der Waals surface area contributed by atoms with Gasteiger partial charge in [0.25, 0.3) is 0 Å². The zero-order chi connectivity index (χ0) is 10.1. The molecule has 0 saturated carbocycles. The fraction of sp³-hybridized carbons (Fsp3) is 0.222. The lowest BCUT2D eigenvalue weighted by molar-refractivity contribution is 0.754. The van der Waals surface area contributed by atoms with Gasteiger partial charge in [-0.2, -0.15) is 0 Å². The Kier molecular flexibility index (Phi) is 2.76. The van der Waals surface area contributed by atoms with Crippen molar-refractivity contribution in [3.05, 3.63) is 33.8 Å². The van der Waals surface area contributed by atoms with Crippen LogP contribution in [0.25, 0.3) is 5.52 Å².